The van der Waals surface area contributed by atoms with Gasteiger partial charge in [-0.1, -0.05) is 25.5 Å². The molecule has 0 aliphatic carbocycles. The Bertz CT molecular complexity index is 315. The summed E-state index contributed by atoms with van der Waals surface area (Å²) in [4.78, 5) is 0. The highest BCUT2D eigenvalue weighted by Gasteiger charge is 2.07. The van der Waals surface area contributed by atoms with Gasteiger partial charge in [-0.05, 0) is 32.0 Å². The summed E-state index contributed by atoms with van der Waals surface area (Å²) in [6.45, 7) is 6.16. The van der Waals surface area contributed by atoms with Crippen molar-refractivity contribution in [2.24, 2.45) is 0 Å². The number of ether oxygens (including phenoxy) is 2. The number of hydrogen-bond donors (Lipinski definition) is 1. The second-order valence-electron chi connectivity index (χ2n) is 4.14. The van der Waals surface area contributed by atoms with Crippen molar-refractivity contribution in [2.75, 3.05) is 20.2 Å². The highest BCUT2D eigenvalue weighted by atomic mass is 16.5. The van der Waals surface area contributed by atoms with Gasteiger partial charge in [0.05, 0.1) is 7.11 Å². The van der Waals surface area contributed by atoms with E-state index in [1.54, 1.807) is 7.11 Å². The summed E-state index contributed by atoms with van der Waals surface area (Å²) in [6, 6.07) is 7.74. The second-order valence-corrected chi connectivity index (χ2v) is 4.14. The zero-order valence-electron chi connectivity index (χ0n) is 11.0. The predicted octanol–water partition coefficient (Wildman–Crippen LogP) is 2.85. The van der Waals surface area contributed by atoms with E-state index in [2.05, 4.69) is 19.2 Å². The van der Waals surface area contributed by atoms with Gasteiger partial charge in [-0.3, -0.25) is 0 Å². The van der Waals surface area contributed by atoms with Gasteiger partial charge in [0.15, 0.2) is 11.5 Å². The summed E-state index contributed by atoms with van der Waals surface area (Å²) in [5, 5.41) is 3.38. The molecule has 0 aliphatic heterocycles. The molecule has 3 nitrogen and oxygen atoms in total. The van der Waals surface area contributed by atoms with Gasteiger partial charge in [-0.15, -0.1) is 0 Å². The van der Waals surface area contributed by atoms with Crippen LogP contribution >= 0.6 is 0 Å². The maximum Gasteiger partial charge on any atom is 0.161 e. The number of rotatable bonds is 8. The Labute approximate surface area is 104 Å². The molecule has 0 heterocycles. The minimum absolute atomic E-state index is 0.142. The second kappa shape index (κ2) is 7.96. The van der Waals surface area contributed by atoms with Crippen molar-refractivity contribution in [3.05, 3.63) is 24.3 Å². The summed E-state index contributed by atoms with van der Waals surface area (Å²) in [6.07, 6.45) is 2.57. The maximum atomic E-state index is 5.83. The van der Waals surface area contributed by atoms with Crippen LogP contribution in [0.3, 0.4) is 0 Å². The van der Waals surface area contributed by atoms with E-state index in [4.69, 9.17) is 9.47 Å². The lowest BCUT2D eigenvalue weighted by molar-refractivity contribution is 0.207. The van der Waals surface area contributed by atoms with Crippen LogP contribution in [0.5, 0.6) is 11.5 Å². The highest BCUT2D eigenvalue weighted by molar-refractivity contribution is 5.39. The third-order valence-electron chi connectivity index (χ3n) is 2.54. The summed E-state index contributed by atoms with van der Waals surface area (Å²) in [5.41, 5.74) is 0. The van der Waals surface area contributed by atoms with Crippen molar-refractivity contribution >= 4 is 0 Å². The van der Waals surface area contributed by atoms with Crippen LogP contribution in [-0.2, 0) is 0 Å². The minimum Gasteiger partial charge on any atom is -0.493 e. The average molecular weight is 237 g/mol. The molecule has 1 aromatic carbocycles. The van der Waals surface area contributed by atoms with Gasteiger partial charge in [-0.2, -0.15) is 0 Å². The largest absolute Gasteiger partial charge is 0.493 e. The number of unbranched alkanes of at least 4 members (excludes halogenated alkanes) is 1. The molecule has 1 aromatic rings. The van der Waals surface area contributed by atoms with E-state index in [9.17, 15) is 0 Å². The summed E-state index contributed by atoms with van der Waals surface area (Å²) < 4.78 is 11.1. The van der Waals surface area contributed by atoms with Gasteiger partial charge in [0.25, 0.3) is 0 Å². The fraction of sp³-hybridized carbons (Fsp3) is 0.571. The summed E-state index contributed by atoms with van der Waals surface area (Å²) >= 11 is 0. The minimum atomic E-state index is 0.142. The van der Waals surface area contributed by atoms with Crippen LogP contribution in [0.4, 0.5) is 0 Å². The number of nitrogens with one attached hydrogen (secondary N) is 1. The molecule has 17 heavy (non-hydrogen) atoms. The van der Waals surface area contributed by atoms with Crippen LogP contribution in [0.1, 0.15) is 26.7 Å². The molecule has 1 atom stereocenters. The summed E-state index contributed by atoms with van der Waals surface area (Å²) in [5.74, 6) is 1.59. The Kier molecular flexibility index (Phi) is 6.48. The quantitative estimate of drug-likeness (QED) is 0.705. The molecule has 0 bridgehead atoms. The van der Waals surface area contributed by atoms with Crippen molar-refractivity contribution in [1.29, 1.82) is 0 Å². The molecular weight excluding hydrogens is 214 g/mol. The fourth-order valence-corrected chi connectivity index (χ4v) is 1.58. The van der Waals surface area contributed by atoms with Crippen LogP contribution in [0.15, 0.2) is 24.3 Å². The Morgan fingerprint density at radius 3 is 2.59 bits per heavy atom. The van der Waals surface area contributed by atoms with Gasteiger partial charge in [0.2, 0.25) is 0 Å². The molecule has 0 spiro atoms. The molecule has 0 fully saturated rings. The third-order valence-corrected chi connectivity index (χ3v) is 2.54. The van der Waals surface area contributed by atoms with Crippen molar-refractivity contribution in [3.63, 3.8) is 0 Å². The number of hydrogen-bond acceptors (Lipinski definition) is 3. The van der Waals surface area contributed by atoms with Crippen molar-refractivity contribution < 1.29 is 9.47 Å². The molecule has 3 heteroatoms. The van der Waals surface area contributed by atoms with Gasteiger partial charge in [-0.25, -0.2) is 0 Å². The Morgan fingerprint density at radius 1 is 1.24 bits per heavy atom. The molecule has 0 aliphatic rings. The zero-order valence-corrected chi connectivity index (χ0v) is 11.0. The molecule has 0 saturated heterocycles. The molecule has 96 valence electrons. The van der Waals surface area contributed by atoms with Gasteiger partial charge in [0.1, 0.15) is 6.10 Å². The van der Waals surface area contributed by atoms with E-state index in [1.165, 1.54) is 12.8 Å². The van der Waals surface area contributed by atoms with E-state index >= 15 is 0 Å². The van der Waals surface area contributed by atoms with Gasteiger partial charge < -0.3 is 14.8 Å². The molecule has 0 radical (unpaired) electrons. The average Bonchev–Trinajstić information content (AvgIpc) is 2.35. The van der Waals surface area contributed by atoms with E-state index in [1.807, 2.05) is 24.3 Å². The van der Waals surface area contributed by atoms with Crippen molar-refractivity contribution in [3.8, 4) is 11.5 Å². The van der Waals surface area contributed by atoms with Crippen LogP contribution in [0, 0.1) is 0 Å². The lowest BCUT2D eigenvalue weighted by Crippen LogP contribution is -2.29. The first-order valence-corrected chi connectivity index (χ1v) is 6.28. The summed E-state index contributed by atoms with van der Waals surface area (Å²) in [7, 11) is 1.66. The molecule has 0 aromatic heterocycles. The lowest BCUT2D eigenvalue weighted by Gasteiger charge is -2.17. The highest BCUT2D eigenvalue weighted by Crippen LogP contribution is 2.26. The normalized spacial score (nSPS) is 12.2. The molecule has 1 N–H and O–H groups in total. The SMILES string of the molecule is CCCCNCC(C)Oc1ccccc1OC. The molecule has 1 rings (SSSR count). The van der Waals surface area contributed by atoms with E-state index < -0.39 is 0 Å². The molecule has 1 unspecified atom stereocenters. The zero-order chi connectivity index (χ0) is 12.5. The van der Waals surface area contributed by atoms with Gasteiger partial charge in [0, 0.05) is 6.54 Å². The lowest BCUT2D eigenvalue weighted by atomic mass is 10.3. The first-order chi connectivity index (χ1) is 8.27. The molecular formula is C14H23NO2. The first-order valence-electron chi connectivity index (χ1n) is 6.28. The van der Waals surface area contributed by atoms with Crippen LogP contribution in [-0.4, -0.2) is 26.3 Å². The fourth-order valence-electron chi connectivity index (χ4n) is 1.58. The number of benzene rings is 1. The predicted molar refractivity (Wildman–Crippen MR) is 70.9 cm³/mol. The molecule has 0 amide bonds. The topological polar surface area (TPSA) is 30.5 Å². The van der Waals surface area contributed by atoms with Gasteiger partial charge >= 0.3 is 0 Å². The maximum absolute atomic E-state index is 5.83. The van der Waals surface area contributed by atoms with Crippen LogP contribution in [0.2, 0.25) is 0 Å². The Hall–Kier alpha value is -1.22. The number of para-hydroxylation sites is 2. The Morgan fingerprint density at radius 2 is 1.94 bits per heavy atom. The van der Waals surface area contributed by atoms with Crippen LogP contribution < -0.4 is 14.8 Å². The number of methoxy groups -OCH3 is 1. The van der Waals surface area contributed by atoms with Crippen molar-refractivity contribution in [1.82, 2.24) is 5.32 Å². The first kappa shape index (κ1) is 13.8. The smallest absolute Gasteiger partial charge is 0.161 e. The standard InChI is InChI=1S/C14H23NO2/c1-4-5-10-15-11-12(2)17-14-9-7-6-8-13(14)16-3/h6-9,12,15H,4-5,10-11H2,1-3H3. The van der Waals surface area contributed by atoms with E-state index in [0.717, 1.165) is 24.6 Å². The monoisotopic (exact) mass is 237 g/mol. The molecule has 0 saturated carbocycles. The Balaban J connectivity index is 2.36. The van der Waals surface area contributed by atoms with E-state index in [-0.39, 0.29) is 6.10 Å². The third kappa shape index (κ3) is 5.09. The van der Waals surface area contributed by atoms with E-state index in [0.29, 0.717) is 0 Å². The van der Waals surface area contributed by atoms with Crippen molar-refractivity contribution in [2.45, 2.75) is 32.8 Å². The van der Waals surface area contributed by atoms with Crippen LogP contribution in [0.25, 0.3) is 0 Å².